The Morgan fingerprint density at radius 2 is 2.15 bits per heavy atom. The van der Waals surface area contributed by atoms with Crippen molar-refractivity contribution >= 4 is 0 Å². The van der Waals surface area contributed by atoms with Crippen molar-refractivity contribution in [3.05, 3.63) is 29.8 Å². The summed E-state index contributed by atoms with van der Waals surface area (Å²) in [6.45, 7) is 4.06. The molecule has 2 unspecified atom stereocenters. The van der Waals surface area contributed by atoms with E-state index in [-0.39, 0.29) is 0 Å². The van der Waals surface area contributed by atoms with Crippen LogP contribution in [0.2, 0.25) is 0 Å². The van der Waals surface area contributed by atoms with Gasteiger partial charge in [0.25, 0.3) is 0 Å². The number of fused-ring (bicyclic) bond motifs is 1. The van der Waals surface area contributed by atoms with Crippen LogP contribution in [0.3, 0.4) is 0 Å². The third kappa shape index (κ3) is 1.42. The maximum Gasteiger partial charge on any atom is 0.158 e. The molecule has 0 fully saturated rings. The number of rotatable bonds is 0. The zero-order valence-electron chi connectivity index (χ0n) is 8.08. The van der Waals surface area contributed by atoms with Crippen molar-refractivity contribution in [1.29, 1.82) is 0 Å². The Hall–Kier alpha value is -1.02. The normalized spacial score (nSPS) is 32.1. The average molecular weight is 177 g/mol. The molecule has 0 aliphatic carbocycles. The quantitative estimate of drug-likeness (QED) is 0.657. The number of benzene rings is 1. The average Bonchev–Trinajstić information content (AvgIpc) is 2.06. The van der Waals surface area contributed by atoms with E-state index in [1.165, 1.54) is 5.56 Å². The van der Waals surface area contributed by atoms with Crippen molar-refractivity contribution in [1.82, 2.24) is 0 Å². The van der Waals surface area contributed by atoms with Crippen LogP contribution in [0.25, 0.3) is 0 Å². The molecule has 0 bridgehead atoms. The van der Waals surface area contributed by atoms with E-state index in [4.69, 9.17) is 10.5 Å². The molecule has 0 aromatic heterocycles. The van der Waals surface area contributed by atoms with Gasteiger partial charge in [-0.3, -0.25) is 5.73 Å². The molecule has 1 aromatic rings. The lowest BCUT2D eigenvalue weighted by atomic mass is 9.89. The highest BCUT2D eigenvalue weighted by Gasteiger charge is 2.33. The summed E-state index contributed by atoms with van der Waals surface area (Å²) in [6.07, 6.45) is 1.00. The monoisotopic (exact) mass is 177 g/mol. The van der Waals surface area contributed by atoms with Crippen LogP contribution in [-0.4, -0.2) is 5.72 Å². The zero-order chi connectivity index (χ0) is 9.47. The molecule has 0 saturated carbocycles. The number of nitrogens with two attached hydrogens (primary N) is 1. The van der Waals surface area contributed by atoms with E-state index in [2.05, 4.69) is 13.0 Å². The SMILES string of the molecule is CC1Cc2ccccc2OC1(C)N. The minimum Gasteiger partial charge on any atom is -0.473 e. The van der Waals surface area contributed by atoms with Crippen LogP contribution in [0.5, 0.6) is 5.75 Å². The largest absolute Gasteiger partial charge is 0.473 e. The lowest BCUT2D eigenvalue weighted by molar-refractivity contribution is 0.0235. The fourth-order valence-corrected chi connectivity index (χ4v) is 1.64. The van der Waals surface area contributed by atoms with Gasteiger partial charge >= 0.3 is 0 Å². The Morgan fingerprint density at radius 3 is 2.92 bits per heavy atom. The van der Waals surface area contributed by atoms with Gasteiger partial charge in [0.15, 0.2) is 5.72 Å². The second-order valence-electron chi connectivity index (χ2n) is 4.00. The zero-order valence-corrected chi connectivity index (χ0v) is 8.08. The smallest absolute Gasteiger partial charge is 0.158 e. The molecule has 2 rings (SSSR count). The summed E-state index contributed by atoms with van der Waals surface area (Å²) in [6, 6.07) is 8.09. The molecule has 1 aliphatic rings. The molecule has 1 aromatic carbocycles. The summed E-state index contributed by atoms with van der Waals surface area (Å²) in [5, 5.41) is 0. The molecule has 0 saturated heterocycles. The van der Waals surface area contributed by atoms with E-state index in [1.807, 2.05) is 25.1 Å². The summed E-state index contributed by atoms with van der Waals surface area (Å²) in [7, 11) is 0. The first-order valence-electron chi connectivity index (χ1n) is 4.65. The first-order valence-corrected chi connectivity index (χ1v) is 4.65. The van der Waals surface area contributed by atoms with Crippen molar-refractivity contribution in [3.63, 3.8) is 0 Å². The summed E-state index contributed by atoms with van der Waals surface area (Å²) >= 11 is 0. The van der Waals surface area contributed by atoms with E-state index in [1.54, 1.807) is 0 Å². The van der Waals surface area contributed by atoms with E-state index in [0.717, 1.165) is 12.2 Å². The van der Waals surface area contributed by atoms with Gasteiger partial charge in [-0.25, -0.2) is 0 Å². The predicted octanol–water partition coefficient (Wildman–Crippen LogP) is 1.93. The first-order chi connectivity index (χ1) is 6.09. The molecule has 2 nitrogen and oxygen atoms in total. The van der Waals surface area contributed by atoms with Gasteiger partial charge in [-0.2, -0.15) is 0 Å². The van der Waals surface area contributed by atoms with Crippen LogP contribution in [0.4, 0.5) is 0 Å². The van der Waals surface area contributed by atoms with E-state index in [9.17, 15) is 0 Å². The van der Waals surface area contributed by atoms with Crippen molar-refractivity contribution < 1.29 is 4.74 Å². The van der Waals surface area contributed by atoms with Crippen LogP contribution >= 0.6 is 0 Å². The highest BCUT2D eigenvalue weighted by molar-refractivity contribution is 5.36. The molecule has 2 atom stereocenters. The first kappa shape index (κ1) is 8.57. The Kier molecular flexibility index (Phi) is 1.81. The van der Waals surface area contributed by atoms with Crippen molar-refractivity contribution in [2.24, 2.45) is 11.7 Å². The second-order valence-corrected chi connectivity index (χ2v) is 4.00. The fraction of sp³-hybridized carbons (Fsp3) is 0.455. The minimum absolute atomic E-state index is 0.363. The van der Waals surface area contributed by atoms with Crippen molar-refractivity contribution in [2.45, 2.75) is 26.0 Å². The van der Waals surface area contributed by atoms with Gasteiger partial charge in [0.05, 0.1) is 0 Å². The van der Waals surface area contributed by atoms with Crippen LogP contribution < -0.4 is 10.5 Å². The van der Waals surface area contributed by atoms with Crippen LogP contribution in [0, 0.1) is 5.92 Å². The van der Waals surface area contributed by atoms with Crippen LogP contribution in [-0.2, 0) is 6.42 Å². The summed E-state index contributed by atoms with van der Waals surface area (Å²) in [5.74, 6) is 1.30. The number of hydrogen-bond acceptors (Lipinski definition) is 2. The number of hydrogen-bond donors (Lipinski definition) is 1. The van der Waals surface area contributed by atoms with Gasteiger partial charge in [-0.1, -0.05) is 25.1 Å². The molecule has 1 heterocycles. The fourth-order valence-electron chi connectivity index (χ4n) is 1.64. The molecule has 1 aliphatic heterocycles. The molecular formula is C11H15NO. The maximum atomic E-state index is 6.01. The van der Waals surface area contributed by atoms with Gasteiger partial charge in [-0.05, 0) is 25.0 Å². The number of ether oxygens (including phenoxy) is 1. The van der Waals surface area contributed by atoms with Crippen molar-refractivity contribution in [3.8, 4) is 5.75 Å². The molecule has 70 valence electrons. The van der Waals surface area contributed by atoms with Gasteiger partial charge in [0.2, 0.25) is 0 Å². The predicted molar refractivity (Wildman–Crippen MR) is 52.5 cm³/mol. The van der Waals surface area contributed by atoms with E-state index >= 15 is 0 Å². The number of para-hydroxylation sites is 1. The lowest BCUT2D eigenvalue weighted by Gasteiger charge is -2.37. The minimum atomic E-state index is -0.519. The topological polar surface area (TPSA) is 35.2 Å². The van der Waals surface area contributed by atoms with E-state index < -0.39 is 5.72 Å². The summed E-state index contributed by atoms with van der Waals surface area (Å²) < 4.78 is 5.71. The summed E-state index contributed by atoms with van der Waals surface area (Å²) in [5.41, 5.74) is 6.76. The van der Waals surface area contributed by atoms with Gasteiger partial charge < -0.3 is 4.74 Å². The third-order valence-corrected chi connectivity index (χ3v) is 2.81. The Bertz CT molecular complexity index is 320. The Labute approximate surface area is 78.7 Å². The molecule has 2 heteroatoms. The molecule has 0 radical (unpaired) electrons. The standard InChI is InChI=1S/C11H15NO/c1-8-7-9-5-3-4-6-10(9)13-11(8,2)12/h3-6,8H,7,12H2,1-2H3. The molecule has 2 N–H and O–H groups in total. The summed E-state index contributed by atoms with van der Waals surface area (Å²) in [4.78, 5) is 0. The molecule has 0 amide bonds. The van der Waals surface area contributed by atoms with Gasteiger partial charge in [-0.15, -0.1) is 0 Å². The molecule has 0 spiro atoms. The second kappa shape index (κ2) is 2.74. The van der Waals surface area contributed by atoms with Gasteiger partial charge in [0, 0.05) is 5.92 Å². The highest BCUT2D eigenvalue weighted by atomic mass is 16.5. The highest BCUT2D eigenvalue weighted by Crippen LogP contribution is 2.33. The molecule has 13 heavy (non-hydrogen) atoms. The third-order valence-electron chi connectivity index (χ3n) is 2.81. The van der Waals surface area contributed by atoms with Crippen LogP contribution in [0.15, 0.2) is 24.3 Å². The lowest BCUT2D eigenvalue weighted by Crippen LogP contribution is -2.51. The Balaban J connectivity index is 2.39. The maximum absolute atomic E-state index is 6.01. The van der Waals surface area contributed by atoms with Gasteiger partial charge in [0.1, 0.15) is 5.75 Å². The molecular weight excluding hydrogens is 162 g/mol. The van der Waals surface area contributed by atoms with E-state index in [0.29, 0.717) is 5.92 Å². The van der Waals surface area contributed by atoms with Crippen molar-refractivity contribution in [2.75, 3.05) is 0 Å². The Morgan fingerprint density at radius 1 is 1.46 bits per heavy atom. The van der Waals surface area contributed by atoms with Crippen LogP contribution in [0.1, 0.15) is 19.4 Å².